The topological polar surface area (TPSA) is 111 Å². The van der Waals surface area contributed by atoms with Crippen LogP contribution in [0.4, 0.5) is 5.13 Å². The first-order valence-electron chi connectivity index (χ1n) is 8.84. The van der Waals surface area contributed by atoms with Crippen LogP contribution in [0.3, 0.4) is 0 Å². The van der Waals surface area contributed by atoms with Crippen LogP contribution < -0.4 is 10.2 Å². The number of nitrogens with zero attached hydrogens (tertiary/aromatic N) is 3. The quantitative estimate of drug-likeness (QED) is 0.572. The first-order chi connectivity index (χ1) is 12.8. The van der Waals surface area contributed by atoms with E-state index >= 15 is 0 Å². The van der Waals surface area contributed by atoms with Gasteiger partial charge in [-0.15, -0.1) is 0 Å². The van der Waals surface area contributed by atoms with Crippen LogP contribution in [0.25, 0.3) is 0 Å². The fourth-order valence-corrected chi connectivity index (χ4v) is 4.21. The average molecular weight is 412 g/mol. The molecule has 146 valence electrons. The molecule has 0 radical (unpaired) electrons. The molecule has 3 N–H and O–H groups in total. The van der Waals surface area contributed by atoms with Crippen LogP contribution in [-0.4, -0.2) is 57.0 Å². The maximum absolute atomic E-state index is 12.7. The average Bonchev–Trinajstić information content (AvgIpc) is 3.16. The Hall–Kier alpha value is -1.97. The molecule has 1 aliphatic rings. The molecule has 2 aromatic heterocycles. The molecule has 27 heavy (non-hydrogen) atoms. The molecule has 0 spiro atoms. The number of imidazole rings is 1. The Morgan fingerprint density at radius 3 is 2.63 bits per heavy atom. The maximum atomic E-state index is 12.7. The van der Waals surface area contributed by atoms with E-state index in [1.54, 1.807) is 6.92 Å². The summed E-state index contributed by atoms with van der Waals surface area (Å²) in [5, 5.41) is 13.6. The number of H-pyrrole nitrogens is 1. The second-order valence-electron chi connectivity index (χ2n) is 6.52. The van der Waals surface area contributed by atoms with Crippen LogP contribution in [0.15, 0.2) is 0 Å². The number of aromatic carboxylic acids is 1. The molecule has 10 heteroatoms. The van der Waals surface area contributed by atoms with Gasteiger partial charge in [-0.1, -0.05) is 36.8 Å². The van der Waals surface area contributed by atoms with Gasteiger partial charge in [0.05, 0.1) is 17.4 Å². The van der Waals surface area contributed by atoms with E-state index in [1.807, 2.05) is 18.7 Å². The fraction of sp³-hybridized carbons (Fsp3) is 0.529. The summed E-state index contributed by atoms with van der Waals surface area (Å²) in [7, 11) is 0. The highest BCUT2D eigenvalue weighted by atomic mass is 35.5. The zero-order valence-electron chi connectivity index (χ0n) is 15.4. The van der Waals surface area contributed by atoms with Gasteiger partial charge in [0.25, 0.3) is 0 Å². The maximum Gasteiger partial charge on any atom is 0.347 e. The predicted molar refractivity (Wildman–Crippen MR) is 104 cm³/mol. The van der Waals surface area contributed by atoms with Crippen molar-refractivity contribution in [1.82, 2.24) is 20.3 Å². The van der Waals surface area contributed by atoms with Gasteiger partial charge >= 0.3 is 5.97 Å². The Bertz CT molecular complexity index is 859. The number of halogens is 1. The molecule has 1 saturated heterocycles. The predicted octanol–water partition coefficient (Wildman–Crippen LogP) is 2.53. The van der Waals surface area contributed by atoms with Crippen LogP contribution in [0.1, 0.15) is 51.9 Å². The van der Waals surface area contributed by atoms with Crippen LogP contribution >= 0.6 is 22.9 Å². The van der Waals surface area contributed by atoms with E-state index in [1.165, 1.54) is 11.3 Å². The second-order valence-corrected chi connectivity index (χ2v) is 7.85. The van der Waals surface area contributed by atoms with E-state index < -0.39 is 5.97 Å². The lowest BCUT2D eigenvalue weighted by molar-refractivity contribution is 0.0701. The van der Waals surface area contributed by atoms with E-state index in [2.05, 4.69) is 20.3 Å². The minimum Gasteiger partial charge on any atom is -0.477 e. The molecule has 8 nitrogen and oxygen atoms in total. The molecule has 2 aromatic rings. The Kier molecular flexibility index (Phi) is 5.83. The highest BCUT2D eigenvalue weighted by Crippen LogP contribution is 2.29. The number of anilines is 1. The lowest BCUT2D eigenvalue weighted by Crippen LogP contribution is -2.61. The van der Waals surface area contributed by atoms with Gasteiger partial charge in [-0.3, -0.25) is 4.79 Å². The highest BCUT2D eigenvalue weighted by molar-refractivity contribution is 7.17. The summed E-state index contributed by atoms with van der Waals surface area (Å²) in [6.07, 6.45) is 1.32. The third kappa shape index (κ3) is 3.99. The molecular formula is C17H22ClN5O3S. The number of aromatic amines is 1. The zero-order valence-corrected chi connectivity index (χ0v) is 16.9. The minimum atomic E-state index is -0.952. The summed E-state index contributed by atoms with van der Waals surface area (Å²) >= 11 is 7.22. The molecule has 0 amide bonds. The SMILES string of the molecule is CCc1[nH]c(C(=O)C(CC)NC2CN(c3nc(C)c(C(=O)O)s3)C2)nc1Cl. The Balaban J connectivity index is 1.59. The van der Waals surface area contributed by atoms with E-state index in [0.29, 0.717) is 41.9 Å². The van der Waals surface area contributed by atoms with E-state index in [-0.39, 0.29) is 28.6 Å². The van der Waals surface area contributed by atoms with Crippen LogP contribution in [-0.2, 0) is 6.42 Å². The Labute approximate surface area is 166 Å². The van der Waals surface area contributed by atoms with Crippen molar-refractivity contribution >= 4 is 39.8 Å². The standard InChI is InChI=1S/C17H22ClN5O3S/c1-4-10(12(24)15-21-11(5-2)14(18)22-15)20-9-6-23(7-9)17-19-8(3)13(27-17)16(25)26/h9-10,20H,4-7H2,1-3H3,(H,21,22)(H,25,26). The van der Waals surface area contributed by atoms with E-state index in [9.17, 15) is 9.59 Å². The third-order valence-electron chi connectivity index (χ3n) is 4.61. The van der Waals surface area contributed by atoms with Gasteiger partial charge in [-0.25, -0.2) is 14.8 Å². The fourth-order valence-electron chi connectivity index (χ4n) is 3.02. The number of thiazole rings is 1. The van der Waals surface area contributed by atoms with Crippen molar-refractivity contribution in [2.75, 3.05) is 18.0 Å². The lowest BCUT2D eigenvalue weighted by atomic mass is 10.0. The molecule has 1 atom stereocenters. The van der Waals surface area contributed by atoms with Crippen LogP contribution in [0, 0.1) is 6.92 Å². The van der Waals surface area contributed by atoms with Crippen molar-refractivity contribution in [2.24, 2.45) is 0 Å². The first kappa shape index (κ1) is 19.8. The van der Waals surface area contributed by atoms with Crippen molar-refractivity contribution in [3.63, 3.8) is 0 Å². The number of nitrogens with one attached hydrogen (secondary N) is 2. The summed E-state index contributed by atoms with van der Waals surface area (Å²) in [5.74, 6) is -0.767. The number of carboxylic acid groups (broad SMARTS) is 1. The van der Waals surface area contributed by atoms with Gasteiger partial charge in [0.15, 0.2) is 16.1 Å². The van der Waals surface area contributed by atoms with Gasteiger partial charge < -0.3 is 20.3 Å². The number of carbonyl (C=O) groups excluding carboxylic acids is 1. The van der Waals surface area contributed by atoms with Gasteiger partial charge in [0, 0.05) is 19.1 Å². The Morgan fingerprint density at radius 2 is 2.11 bits per heavy atom. The molecule has 0 aliphatic carbocycles. The summed E-state index contributed by atoms with van der Waals surface area (Å²) in [6, 6.07) is -0.218. The number of hydrogen-bond acceptors (Lipinski definition) is 7. The number of rotatable bonds is 8. The van der Waals surface area contributed by atoms with Crippen LogP contribution in [0.5, 0.6) is 0 Å². The highest BCUT2D eigenvalue weighted by Gasteiger charge is 2.33. The number of ketones is 1. The van der Waals surface area contributed by atoms with Crippen molar-refractivity contribution in [3.8, 4) is 0 Å². The van der Waals surface area contributed by atoms with Crippen molar-refractivity contribution in [1.29, 1.82) is 0 Å². The summed E-state index contributed by atoms with van der Waals surface area (Å²) in [5.41, 5.74) is 1.29. The van der Waals surface area contributed by atoms with E-state index in [4.69, 9.17) is 16.7 Å². The largest absolute Gasteiger partial charge is 0.477 e. The third-order valence-corrected chi connectivity index (χ3v) is 6.13. The molecule has 3 rings (SSSR count). The van der Waals surface area contributed by atoms with E-state index in [0.717, 1.165) is 5.69 Å². The molecule has 1 unspecified atom stereocenters. The van der Waals surface area contributed by atoms with Crippen molar-refractivity contribution in [3.05, 3.63) is 27.2 Å². The number of aryl methyl sites for hydroxylation is 2. The number of carbonyl (C=O) groups is 2. The minimum absolute atomic E-state index is 0.101. The molecular weight excluding hydrogens is 390 g/mol. The summed E-state index contributed by atoms with van der Waals surface area (Å²) in [4.78, 5) is 37.6. The Morgan fingerprint density at radius 1 is 1.41 bits per heavy atom. The summed E-state index contributed by atoms with van der Waals surface area (Å²) < 4.78 is 0. The smallest absolute Gasteiger partial charge is 0.347 e. The lowest BCUT2D eigenvalue weighted by Gasteiger charge is -2.41. The summed E-state index contributed by atoms with van der Waals surface area (Å²) in [6.45, 7) is 6.94. The van der Waals surface area contributed by atoms with Crippen molar-refractivity contribution in [2.45, 2.75) is 45.7 Å². The van der Waals surface area contributed by atoms with Gasteiger partial charge in [0.1, 0.15) is 4.88 Å². The number of carboxylic acids is 1. The monoisotopic (exact) mass is 411 g/mol. The number of Topliss-reactive ketones (excluding diaryl/α,β-unsaturated/α-hetero) is 1. The normalized spacial score (nSPS) is 15.6. The van der Waals surface area contributed by atoms with Crippen molar-refractivity contribution < 1.29 is 14.7 Å². The molecule has 0 aromatic carbocycles. The zero-order chi connectivity index (χ0) is 19.7. The van der Waals surface area contributed by atoms with Gasteiger partial charge in [0.2, 0.25) is 5.78 Å². The first-order valence-corrected chi connectivity index (χ1v) is 10.0. The van der Waals surface area contributed by atoms with Gasteiger partial charge in [-0.2, -0.15) is 0 Å². The molecule has 0 saturated carbocycles. The number of hydrogen-bond donors (Lipinski definition) is 3. The second kappa shape index (κ2) is 7.95. The van der Waals surface area contributed by atoms with Crippen LogP contribution in [0.2, 0.25) is 5.15 Å². The van der Waals surface area contributed by atoms with Gasteiger partial charge in [-0.05, 0) is 19.8 Å². The molecule has 0 bridgehead atoms. The molecule has 1 fully saturated rings. The molecule has 1 aliphatic heterocycles. The number of aromatic nitrogens is 3. The molecule has 3 heterocycles.